The average molecular weight is 279 g/mol. The predicted molar refractivity (Wildman–Crippen MR) is 77.5 cm³/mol. The molecule has 1 rings (SSSR count). The van der Waals surface area contributed by atoms with Crippen LogP contribution in [0, 0.1) is 0 Å². The number of nitrogens with one attached hydrogen (secondary N) is 2. The van der Waals surface area contributed by atoms with Gasteiger partial charge >= 0.3 is 0 Å². The van der Waals surface area contributed by atoms with Gasteiger partial charge in [0.2, 0.25) is 11.8 Å². The largest absolute Gasteiger partial charge is 0.491 e. The Hall–Kier alpha value is -2.08. The third-order valence-electron chi connectivity index (χ3n) is 2.66. The van der Waals surface area contributed by atoms with Crippen molar-refractivity contribution in [1.29, 1.82) is 0 Å². The summed E-state index contributed by atoms with van der Waals surface area (Å²) < 4.78 is 5.66. The molecule has 1 unspecified atom stereocenters. The van der Waals surface area contributed by atoms with Crippen LogP contribution in [0.25, 0.3) is 0 Å². The molecule has 2 amide bonds. The van der Waals surface area contributed by atoms with Crippen LogP contribution in [0.15, 0.2) is 24.3 Å². The summed E-state index contributed by atoms with van der Waals surface area (Å²) in [5.41, 5.74) is 5.75. The highest BCUT2D eigenvalue weighted by Crippen LogP contribution is 2.19. The van der Waals surface area contributed by atoms with Gasteiger partial charge < -0.3 is 21.1 Å². The topological polar surface area (TPSA) is 93.5 Å². The van der Waals surface area contributed by atoms with E-state index in [2.05, 4.69) is 10.6 Å². The summed E-state index contributed by atoms with van der Waals surface area (Å²) in [4.78, 5) is 22.6. The number of hydrogen-bond donors (Lipinski definition) is 3. The SMILES string of the molecule is CCC(C)Oc1cccc(NC(=O)CNC(=O)CN)c1. The van der Waals surface area contributed by atoms with Gasteiger partial charge in [0.1, 0.15) is 5.75 Å². The van der Waals surface area contributed by atoms with Gasteiger partial charge in [0.15, 0.2) is 0 Å². The zero-order valence-electron chi connectivity index (χ0n) is 11.8. The number of nitrogens with two attached hydrogens (primary N) is 1. The molecule has 0 aliphatic carbocycles. The number of carbonyl (C=O) groups is 2. The van der Waals surface area contributed by atoms with Crippen molar-refractivity contribution in [3.8, 4) is 5.75 Å². The maximum atomic E-state index is 11.6. The van der Waals surface area contributed by atoms with E-state index in [1.807, 2.05) is 19.9 Å². The average Bonchev–Trinajstić information content (AvgIpc) is 2.44. The molecule has 0 saturated heterocycles. The number of rotatable bonds is 7. The van der Waals surface area contributed by atoms with Gasteiger partial charge in [-0.05, 0) is 25.5 Å². The van der Waals surface area contributed by atoms with Crippen molar-refractivity contribution in [2.24, 2.45) is 5.73 Å². The van der Waals surface area contributed by atoms with Crippen LogP contribution in [0.5, 0.6) is 5.75 Å². The summed E-state index contributed by atoms with van der Waals surface area (Å²) in [6.07, 6.45) is 1.02. The summed E-state index contributed by atoms with van der Waals surface area (Å²) in [5.74, 6) is 0.0182. The molecule has 0 bridgehead atoms. The fraction of sp³-hybridized carbons (Fsp3) is 0.429. The number of ether oxygens (including phenoxy) is 1. The van der Waals surface area contributed by atoms with Gasteiger partial charge in [0, 0.05) is 11.8 Å². The van der Waals surface area contributed by atoms with Gasteiger partial charge in [-0.1, -0.05) is 13.0 Å². The molecule has 6 heteroatoms. The molecule has 0 heterocycles. The monoisotopic (exact) mass is 279 g/mol. The van der Waals surface area contributed by atoms with Crippen molar-refractivity contribution >= 4 is 17.5 Å². The first kappa shape index (κ1) is 16.0. The maximum absolute atomic E-state index is 11.6. The molecule has 1 atom stereocenters. The van der Waals surface area contributed by atoms with Crippen molar-refractivity contribution < 1.29 is 14.3 Å². The maximum Gasteiger partial charge on any atom is 0.243 e. The van der Waals surface area contributed by atoms with E-state index in [9.17, 15) is 9.59 Å². The quantitative estimate of drug-likeness (QED) is 0.690. The Morgan fingerprint density at radius 3 is 2.75 bits per heavy atom. The van der Waals surface area contributed by atoms with Crippen molar-refractivity contribution in [2.75, 3.05) is 18.4 Å². The number of benzene rings is 1. The second-order valence-electron chi connectivity index (χ2n) is 4.39. The third-order valence-corrected chi connectivity index (χ3v) is 2.66. The Labute approximate surface area is 118 Å². The van der Waals surface area contributed by atoms with Crippen LogP contribution in [0.4, 0.5) is 5.69 Å². The Kier molecular flexibility index (Phi) is 6.52. The van der Waals surface area contributed by atoms with Gasteiger partial charge in [-0.15, -0.1) is 0 Å². The highest BCUT2D eigenvalue weighted by atomic mass is 16.5. The standard InChI is InChI=1S/C14H21N3O3/c1-3-10(2)20-12-6-4-5-11(7-12)17-14(19)9-16-13(18)8-15/h4-7,10H,3,8-9,15H2,1-2H3,(H,16,18)(H,17,19). The molecule has 0 fully saturated rings. The smallest absolute Gasteiger partial charge is 0.243 e. The molecule has 1 aromatic carbocycles. The van der Waals surface area contributed by atoms with Crippen molar-refractivity contribution in [1.82, 2.24) is 5.32 Å². The first-order valence-electron chi connectivity index (χ1n) is 6.58. The molecule has 0 aliphatic heterocycles. The molecule has 110 valence electrons. The van der Waals surface area contributed by atoms with Crippen LogP contribution in [0.1, 0.15) is 20.3 Å². The number of carbonyl (C=O) groups excluding carboxylic acids is 2. The van der Waals surface area contributed by atoms with Crippen molar-refractivity contribution in [2.45, 2.75) is 26.4 Å². The summed E-state index contributed by atoms with van der Waals surface area (Å²) in [6, 6.07) is 7.13. The molecule has 0 aliphatic rings. The van der Waals surface area contributed by atoms with E-state index >= 15 is 0 Å². The first-order chi connectivity index (χ1) is 9.55. The van der Waals surface area contributed by atoms with Crippen molar-refractivity contribution in [3.05, 3.63) is 24.3 Å². The molecule has 6 nitrogen and oxygen atoms in total. The Balaban J connectivity index is 2.53. The van der Waals surface area contributed by atoms with Crippen LogP contribution in [0.3, 0.4) is 0 Å². The molecular formula is C14H21N3O3. The van der Waals surface area contributed by atoms with Crippen LogP contribution in [0.2, 0.25) is 0 Å². The number of amides is 2. The second kappa shape index (κ2) is 8.16. The van der Waals surface area contributed by atoms with Crippen LogP contribution in [-0.2, 0) is 9.59 Å². The van der Waals surface area contributed by atoms with E-state index < -0.39 is 0 Å². The van der Waals surface area contributed by atoms with Crippen LogP contribution < -0.4 is 21.1 Å². The summed E-state index contributed by atoms with van der Waals surface area (Å²) >= 11 is 0. The van der Waals surface area contributed by atoms with Gasteiger partial charge in [0.05, 0.1) is 19.2 Å². The van der Waals surface area contributed by atoms with E-state index in [0.29, 0.717) is 11.4 Å². The second-order valence-corrected chi connectivity index (χ2v) is 4.39. The third kappa shape index (κ3) is 5.71. The Morgan fingerprint density at radius 2 is 2.10 bits per heavy atom. The normalized spacial score (nSPS) is 11.6. The fourth-order valence-corrected chi connectivity index (χ4v) is 1.42. The summed E-state index contributed by atoms with van der Waals surface area (Å²) in [5, 5.41) is 5.08. The lowest BCUT2D eigenvalue weighted by Crippen LogP contribution is -2.36. The molecule has 0 spiro atoms. The fourth-order valence-electron chi connectivity index (χ4n) is 1.42. The van der Waals surface area contributed by atoms with Gasteiger partial charge in [-0.3, -0.25) is 9.59 Å². The van der Waals surface area contributed by atoms with E-state index in [4.69, 9.17) is 10.5 Å². The number of anilines is 1. The minimum absolute atomic E-state index is 0.105. The molecule has 0 saturated carbocycles. The first-order valence-corrected chi connectivity index (χ1v) is 6.58. The minimum Gasteiger partial charge on any atom is -0.491 e. The summed E-state index contributed by atoms with van der Waals surface area (Å²) in [7, 11) is 0. The highest BCUT2D eigenvalue weighted by molar-refractivity contribution is 5.94. The minimum atomic E-state index is -0.367. The van der Waals surface area contributed by atoms with E-state index in [1.165, 1.54) is 0 Å². The zero-order chi connectivity index (χ0) is 15.0. The van der Waals surface area contributed by atoms with E-state index in [-0.39, 0.29) is 31.0 Å². The van der Waals surface area contributed by atoms with Crippen molar-refractivity contribution in [3.63, 3.8) is 0 Å². The zero-order valence-corrected chi connectivity index (χ0v) is 11.8. The lowest BCUT2D eigenvalue weighted by atomic mass is 10.2. The van der Waals surface area contributed by atoms with Gasteiger partial charge in [-0.25, -0.2) is 0 Å². The predicted octanol–water partition coefficient (Wildman–Crippen LogP) is 0.877. The lowest BCUT2D eigenvalue weighted by Gasteiger charge is -2.13. The molecule has 20 heavy (non-hydrogen) atoms. The van der Waals surface area contributed by atoms with E-state index in [1.54, 1.807) is 18.2 Å². The lowest BCUT2D eigenvalue weighted by molar-refractivity contribution is -0.123. The highest BCUT2D eigenvalue weighted by Gasteiger charge is 2.06. The van der Waals surface area contributed by atoms with Gasteiger partial charge in [0.25, 0.3) is 0 Å². The van der Waals surface area contributed by atoms with Crippen LogP contribution >= 0.6 is 0 Å². The van der Waals surface area contributed by atoms with Gasteiger partial charge in [-0.2, -0.15) is 0 Å². The molecule has 4 N–H and O–H groups in total. The molecular weight excluding hydrogens is 258 g/mol. The van der Waals surface area contributed by atoms with Crippen LogP contribution in [-0.4, -0.2) is 31.0 Å². The molecule has 0 aromatic heterocycles. The molecule has 1 aromatic rings. The summed E-state index contributed by atoms with van der Waals surface area (Å²) in [6.45, 7) is 3.78. The Morgan fingerprint density at radius 1 is 1.35 bits per heavy atom. The van der Waals surface area contributed by atoms with E-state index in [0.717, 1.165) is 6.42 Å². The molecule has 0 radical (unpaired) electrons. The number of hydrogen-bond acceptors (Lipinski definition) is 4. The Bertz CT molecular complexity index is 463.